The van der Waals surface area contributed by atoms with E-state index in [0.717, 1.165) is 22.6 Å². The molecule has 136 valence electrons. The first-order valence-electron chi connectivity index (χ1n) is 7.79. The molecule has 1 atom stereocenters. The van der Waals surface area contributed by atoms with Crippen molar-refractivity contribution in [1.29, 1.82) is 0 Å². The SMILES string of the molecule is COCOc1cc(SCC2=C=[N+]=C(OC)CC2C)cn(COC)c1=O. The van der Waals surface area contributed by atoms with Gasteiger partial charge in [-0.05, 0) is 0 Å². The quantitative estimate of drug-likeness (QED) is 0.391. The van der Waals surface area contributed by atoms with Crippen molar-refractivity contribution in [3.05, 3.63) is 28.2 Å². The monoisotopic (exact) mass is 367 g/mol. The zero-order valence-corrected chi connectivity index (χ0v) is 15.7. The molecule has 1 unspecified atom stereocenters. The fraction of sp³-hybridized carbons (Fsp3) is 0.529. The van der Waals surface area contributed by atoms with Crippen molar-refractivity contribution in [1.82, 2.24) is 9.24 Å². The van der Waals surface area contributed by atoms with E-state index < -0.39 is 0 Å². The topological polar surface area (TPSA) is 73.0 Å². The molecule has 0 aromatic carbocycles. The lowest BCUT2D eigenvalue weighted by atomic mass is 9.99. The number of aromatic nitrogens is 1. The molecule has 0 saturated heterocycles. The van der Waals surface area contributed by atoms with Gasteiger partial charge in [-0.1, -0.05) is 6.92 Å². The Morgan fingerprint density at radius 1 is 1.36 bits per heavy atom. The molecule has 25 heavy (non-hydrogen) atoms. The minimum Gasteiger partial charge on any atom is -0.462 e. The average molecular weight is 367 g/mol. The van der Waals surface area contributed by atoms with Crippen LogP contribution in [-0.2, 0) is 20.9 Å². The van der Waals surface area contributed by atoms with Crippen molar-refractivity contribution < 1.29 is 18.9 Å². The van der Waals surface area contributed by atoms with Gasteiger partial charge in [0.25, 0.3) is 5.56 Å². The molecule has 0 radical (unpaired) electrons. The molecule has 7 nitrogen and oxygen atoms in total. The fourth-order valence-electron chi connectivity index (χ4n) is 2.26. The first kappa shape index (κ1) is 19.4. The highest BCUT2D eigenvalue weighted by molar-refractivity contribution is 7.99. The van der Waals surface area contributed by atoms with E-state index in [0.29, 0.717) is 11.8 Å². The predicted octanol–water partition coefficient (Wildman–Crippen LogP) is 1.27. The molecule has 2 heterocycles. The van der Waals surface area contributed by atoms with Crippen LogP contribution in [0.5, 0.6) is 5.75 Å². The second-order valence-corrected chi connectivity index (χ2v) is 6.57. The van der Waals surface area contributed by atoms with Gasteiger partial charge in [-0.15, -0.1) is 11.8 Å². The van der Waals surface area contributed by atoms with Gasteiger partial charge in [-0.3, -0.25) is 9.36 Å². The zero-order valence-electron chi connectivity index (χ0n) is 14.9. The summed E-state index contributed by atoms with van der Waals surface area (Å²) in [6.45, 7) is 2.29. The lowest BCUT2D eigenvalue weighted by Crippen LogP contribution is -2.23. The largest absolute Gasteiger partial charge is 0.475 e. The molecule has 2 rings (SSSR count). The van der Waals surface area contributed by atoms with Crippen LogP contribution < -0.4 is 15.0 Å². The molecule has 0 fully saturated rings. The summed E-state index contributed by atoms with van der Waals surface area (Å²) < 4.78 is 26.2. The van der Waals surface area contributed by atoms with E-state index in [1.807, 2.05) is 0 Å². The molecule has 0 amide bonds. The van der Waals surface area contributed by atoms with Crippen LogP contribution in [0.4, 0.5) is 0 Å². The van der Waals surface area contributed by atoms with Crippen LogP contribution in [0.25, 0.3) is 0 Å². The second-order valence-electron chi connectivity index (χ2n) is 5.52. The van der Waals surface area contributed by atoms with Crippen molar-refractivity contribution in [3.63, 3.8) is 0 Å². The Hall–Kier alpha value is -1.95. The zero-order chi connectivity index (χ0) is 18.2. The number of methoxy groups -OCH3 is 3. The number of hydrogen-bond acceptors (Lipinski definition) is 6. The second kappa shape index (κ2) is 9.51. The number of nitrogens with zero attached hydrogens (tertiary/aromatic N) is 2. The van der Waals surface area contributed by atoms with Crippen molar-refractivity contribution in [2.45, 2.75) is 25.0 Å². The molecule has 0 N–H and O–H groups in total. The number of pyridine rings is 1. The van der Waals surface area contributed by atoms with Crippen LogP contribution >= 0.6 is 11.8 Å². The molecular weight excluding hydrogens is 344 g/mol. The summed E-state index contributed by atoms with van der Waals surface area (Å²) in [5.41, 5.74) is 0.851. The summed E-state index contributed by atoms with van der Waals surface area (Å²) >= 11 is 1.59. The van der Waals surface area contributed by atoms with Crippen molar-refractivity contribution in [2.24, 2.45) is 5.92 Å². The van der Waals surface area contributed by atoms with Gasteiger partial charge >= 0.3 is 11.8 Å². The highest BCUT2D eigenvalue weighted by Crippen LogP contribution is 2.26. The van der Waals surface area contributed by atoms with E-state index in [4.69, 9.17) is 18.9 Å². The number of thioether (sulfide) groups is 1. The highest BCUT2D eigenvalue weighted by atomic mass is 32.2. The lowest BCUT2D eigenvalue weighted by molar-refractivity contribution is 0.0483. The van der Waals surface area contributed by atoms with E-state index in [2.05, 4.69) is 17.5 Å². The molecule has 1 aromatic heterocycles. The Morgan fingerprint density at radius 3 is 2.80 bits per heavy atom. The van der Waals surface area contributed by atoms with E-state index >= 15 is 0 Å². The minimum absolute atomic E-state index is 0.0147. The summed E-state index contributed by atoms with van der Waals surface area (Å²) in [6, 6.07) is 1.72. The van der Waals surface area contributed by atoms with Crippen LogP contribution in [-0.4, -0.2) is 50.2 Å². The van der Waals surface area contributed by atoms with Gasteiger partial charge < -0.3 is 18.9 Å². The van der Waals surface area contributed by atoms with Crippen molar-refractivity contribution >= 4 is 23.5 Å². The first-order valence-corrected chi connectivity index (χ1v) is 8.77. The van der Waals surface area contributed by atoms with E-state index in [-0.39, 0.29) is 24.8 Å². The number of hydrogen-bond donors (Lipinski definition) is 0. The summed E-state index contributed by atoms with van der Waals surface area (Å²) in [4.78, 5) is 13.2. The third-order valence-electron chi connectivity index (χ3n) is 3.66. The Kier molecular flexibility index (Phi) is 7.37. The van der Waals surface area contributed by atoms with Gasteiger partial charge in [0, 0.05) is 47.7 Å². The molecule has 0 spiro atoms. The molecule has 8 heteroatoms. The maximum absolute atomic E-state index is 12.3. The van der Waals surface area contributed by atoms with Gasteiger partial charge in [-0.2, -0.15) is 0 Å². The van der Waals surface area contributed by atoms with E-state index in [1.165, 1.54) is 18.8 Å². The standard InChI is InChI=1S/C17H23N2O5S/c1-12-5-16(23-4)18-7-13(12)9-25-14-6-15(24-11-22-3)17(20)19(8-14)10-21-2/h6,8,12H,5,9-11H2,1-4H3/q+1. The Morgan fingerprint density at radius 2 is 2.16 bits per heavy atom. The van der Waals surface area contributed by atoms with Crippen LogP contribution in [0, 0.1) is 5.92 Å². The molecule has 1 aromatic rings. The minimum atomic E-state index is -0.255. The maximum Gasteiger partial charge on any atom is 0.475 e. The highest BCUT2D eigenvalue weighted by Gasteiger charge is 2.24. The molecule has 0 aliphatic carbocycles. The van der Waals surface area contributed by atoms with Gasteiger partial charge in [-0.25, -0.2) is 0 Å². The molecule has 0 saturated carbocycles. The van der Waals surface area contributed by atoms with E-state index in [1.54, 1.807) is 31.1 Å². The smallest absolute Gasteiger partial charge is 0.462 e. The van der Waals surface area contributed by atoms with Gasteiger partial charge in [0.1, 0.15) is 6.73 Å². The summed E-state index contributed by atoms with van der Waals surface area (Å²) in [6.07, 6.45) is 2.53. The van der Waals surface area contributed by atoms with Crippen LogP contribution in [0.1, 0.15) is 13.3 Å². The van der Waals surface area contributed by atoms with E-state index in [9.17, 15) is 4.79 Å². The van der Waals surface area contributed by atoms with Crippen molar-refractivity contribution in [2.75, 3.05) is 33.9 Å². The Bertz CT molecular complexity index is 761. The number of ether oxygens (including phenoxy) is 4. The van der Waals surface area contributed by atoms with Crippen molar-refractivity contribution in [3.8, 4) is 5.75 Å². The van der Waals surface area contributed by atoms with Crippen LogP contribution in [0.2, 0.25) is 0 Å². The van der Waals surface area contributed by atoms with Gasteiger partial charge in [0.2, 0.25) is 0 Å². The lowest BCUT2D eigenvalue weighted by Gasteiger charge is -2.13. The Labute approximate surface area is 151 Å². The molecule has 0 bridgehead atoms. The van der Waals surface area contributed by atoms with Crippen LogP contribution in [0.3, 0.4) is 0 Å². The molecule has 1 aliphatic rings. The third kappa shape index (κ3) is 5.26. The summed E-state index contributed by atoms with van der Waals surface area (Å²) in [5, 5.41) is 0. The molecular formula is C17H23N2O5S+. The summed E-state index contributed by atoms with van der Waals surface area (Å²) in [5.74, 6) is 5.02. The fourth-order valence-corrected chi connectivity index (χ4v) is 3.32. The predicted molar refractivity (Wildman–Crippen MR) is 97.4 cm³/mol. The summed E-state index contributed by atoms with van der Waals surface area (Å²) in [7, 11) is 4.66. The molecule has 1 aliphatic heterocycles. The first-order chi connectivity index (χ1) is 12.1. The number of rotatable bonds is 8. The van der Waals surface area contributed by atoms with Gasteiger partial charge in [0.15, 0.2) is 12.5 Å². The van der Waals surface area contributed by atoms with Gasteiger partial charge in [0.05, 0.1) is 19.1 Å². The average Bonchev–Trinajstić information content (AvgIpc) is 2.61. The Balaban J connectivity index is 2.21. The normalized spacial score (nSPS) is 16.4. The maximum atomic E-state index is 12.3. The third-order valence-corrected chi connectivity index (χ3v) is 4.67. The van der Waals surface area contributed by atoms with Crippen LogP contribution in [0.15, 0.2) is 27.5 Å².